The molecule has 4 nitrogen and oxygen atoms in total. The van der Waals surface area contributed by atoms with Crippen molar-refractivity contribution in [2.75, 3.05) is 11.4 Å². The minimum absolute atomic E-state index is 0.145. The lowest BCUT2D eigenvalue weighted by molar-refractivity contribution is -0.112. The van der Waals surface area contributed by atoms with Gasteiger partial charge in [-0.2, -0.15) is 5.10 Å². The summed E-state index contributed by atoms with van der Waals surface area (Å²) < 4.78 is 0. The zero-order valence-electron chi connectivity index (χ0n) is 12.9. The van der Waals surface area contributed by atoms with Gasteiger partial charge in [0.05, 0.1) is 11.9 Å². The van der Waals surface area contributed by atoms with Crippen molar-refractivity contribution in [2.24, 2.45) is 10.2 Å². The Balaban J connectivity index is 1.95. The molecule has 2 aromatic rings. The molecular formula is C19H17N3O. The maximum atomic E-state index is 12.5. The number of hydrogen-bond donors (Lipinski definition) is 0. The van der Waals surface area contributed by atoms with Gasteiger partial charge >= 0.3 is 0 Å². The largest absolute Gasteiger partial charge is 0.302 e. The first-order valence-corrected chi connectivity index (χ1v) is 7.41. The average Bonchev–Trinajstić information content (AvgIpc) is 2.83. The lowest BCUT2D eigenvalue weighted by Crippen LogP contribution is -2.30. The van der Waals surface area contributed by atoms with Crippen LogP contribution in [-0.4, -0.2) is 24.4 Å². The van der Waals surface area contributed by atoms with E-state index in [1.165, 1.54) is 0 Å². The zero-order chi connectivity index (χ0) is 16.2. The van der Waals surface area contributed by atoms with Gasteiger partial charge < -0.3 is 4.90 Å². The van der Waals surface area contributed by atoms with Crippen LogP contribution in [0.2, 0.25) is 0 Å². The van der Waals surface area contributed by atoms with Gasteiger partial charge in [-0.1, -0.05) is 48.5 Å². The third-order valence-electron chi connectivity index (χ3n) is 3.75. The number of nitrogens with zero attached hydrogens (tertiary/aromatic N) is 3. The van der Waals surface area contributed by atoms with E-state index in [2.05, 4.69) is 16.8 Å². The molecule has 4 heteroatoms. The number of amides is 1. The quantitative estimate of drug-likeness (QED) is 0.485. The van der Waals surface area contributed by atoms with Crippen molar-refractivity contribution in [3.05, 3.63) is 77.9 Å². The lowest BCUT2D eigenvalue weighted by Gasteiger charge is -2.13. The van der Waals surface area contributed by atoms with Crippen LogP contribution in [0.1, 0.15) is 16.7 Å². The molecule has 1 aliphatic heterocycles. The molecule has 0 saturated carbocycles. The van der Waals surface area contributed by atoms with Gasteiger partial charge in [0, 0.05) is 12.1 Å². The first kappa shape index (κ1) is 14.9. The predicted octanol–water partition coefficient (Wildman–Crippen LogP) is 3.35. The number of para-hydroxylation sites is 1. The number of carbonyl (C=O) groups excluding carboxylic acids is 1. The van der Waals surface area contributed by atoms with Gasteiger partial charge in [-0.3, -0.25) is 4.79 Å². The van der Waals surface area contributed by atoms with E-state index in [4.69, 9.17) is 0 Å². The molecule has 0 spiro atoms. The van der Waals surface area contributed by atoms with E-state index < -0.39 is 0 Å². The van der Waals surface area contributed by atoms with Gasteiger partial charge in [0.2, 0.25) is 0 Å². The molecule has 0 radical (unpaired) electrons. The van der Waals surface area contributed by atoms with Crippen LogP contribution in [0, 0.1) is 6.92 Å². The summed E-state index contributed by atoms with van der Waals surface area (Å²) in [5, 5.41) is 8.29. The molecule has 2 aromatic carbocycles. The monoisotopic (exact) mass is 303 g/mol. The molecule has 0 saturated heterocycles. The summed E-state index contributed by atoms with van der Waals surface area (Å²) in [6.07, 6.45) is 3.38. The predicted molar refractivity (Wildman–Crippen MR) is 94.3 cm³/mol. The Labute approximate surface area is 135 Å². The maximum absolute atomic E-state index is 12.5. The van der Waals surface area contributed by atoms with Crippen LogP contribution in [0.5, 0.6) is 0 Å². The second kappa shape index (κ2) is 6.40. The number of carbonyl (C=O) groups is 1. The van der Waals surface area contributed by atoms with E-state index in [9.17, 15) is 4.79 Å². The van der Waals surface area contributed by atoms with Gasteiger partial charge in [-0.25, -0.2) is 0 Å². The summed E-state index contributed by atoms with van der Waals surface area (Å²) in [5.41, 5.74) is 4.12. The van der Waals surface area contributed by atoms with E-state index in [1.807, 2.05) is 55.5 Å². The van der Waals surface area contributed by atoms with Crippen LogP contribution < -0.4 is 4.90 Å². The molecule has 0 aliphatic carbocycles. The van der Waals surface area contributed by atoms with Gasteiger partial charge in [-0.05, 0) is 24.1 Å². The second-order valence-corrected chi connectivity index (χ2v) is 5.27. The van der Waals surface area contributed by atoms with Crippen LogP contribution >= 0.6 is 0 Å². The van der Waals surface area contributed by atoms with Crippen molar-refractivity contribution in [3.63, 3.8) is 0 Å². The van der Waals surface area contributed by atoms with E-state index in [0.717, 1.165) is 22.4 Å². The van der Waals surface area contributed by atoms with Gasteiger partial charge in [0.25, 0.3) is 5.91 Å². The third kappa shape index (κ3) is 2.83. The van der Waals surface area contributed by atoms with Crippen LogP contribution in [0.3, 0.4) is 0 Å². The van der Waals surface area contributed by atoms with E-state index in [1.54, 1.807) is 17.2 Å². The fraction of sp³-hybridized carbons (Fsp3) is 0.105. The number of rotatable bonds is 4. The Bertz CT molecular complexity index is 821. The summed E-state index contributed by atoms with van der Waals surface area (Å²) in [6.45, 7) is 6.17. The summed E-state index contributed by atoms with van der Waals surface area (Å²) in [5.74, 6) is -0.145. The van der Waals surface area contributed by atoms with Gasteiger partial charge in [0.15, 0.2) is 5.71 Å². The fourth-order valence-corrected chi connectivity index (χ4v) is 2.55. The highest BCUT2D eigenvalue weighted by atomic mass is 16.2. The molecule has 0 bridgehead atoms. The minimum atomic E-state index is -0.145. The Morgan fingerprint density at radius 1 is 1.13 bits per heavy atom. The maximum Gasteiger partial charge on any atom is 0.279 e. The number of anilines is 1. The van der Waals surface area contributed by atoms with Crippen molar-refractivity contribution in [2.45, 2.75) is 6.92 Å². The first-order chi connectivity index (χ1) is 11.2. The lowest BCUT2D eigenvalue weighted by atomic mass is 10.1. The number of aryl methyl sites for hydroxylation is 1. The van der Waals surface area contributed by atoms with E-state index in [-0.39, 0.29) is 5.91 Å². The molecular weight excluding hydrogens is 286 g/mol. The molecule has 1 heterocycles. The molecule has 23 heavy (non-hydrogen) atoms. The Morgan fingerprint density at radius 2 is 1.87 bits per heavy atom. The summed E-state index contributed by atoms with van der Waals surface area (Å²) in [4.78, 5) is 14.2. The Kier molecular flexibility index (Phi) is 4.15. The molecule has 0 aromatic heterocycles. The minimum Gasteiger partial charge on any atom is -0.302 e. The summed E-state index contributed by atoms with van der Waals surface area (Å²) in [6, 6.07) is 15.5. The molecule has 0 N–H and O–H groups in total. The van der Waals surface area contributed by atoms with Crippen LogP contribution in [0.4, 0.5) is 5.69 Å². The third-order valence-corrected chi connectivity index (χ3v) is 3.75. The fourth-order valence-electron chi connectivity index (χ4n) is 2.55. The molecule has 0 fully saturated rings. The van der Waals surface area contributed by atoms with Crippen LogP contribution in [0.15, 0.2) is 71.4 Å². The van der Waals surface area contributed by atoms with Crippen molar-refractivity contribution >= 4 is 23.5 Å². The number of benzene rings is 2. The zero-order valence-corrected chi connectivity index (χ0v) is 12.9. The second-order valence-electron chi connectivity index (χ2n) is 5.27. The Morgan fingerprint density at radius 3 is 2.65 bits per heavy atom. The molecule has 0 atom stereocenters. The van der Waals surface area contributed by atoms with E-state index in [0.29, 0.717) is 12.3 Å². The van der Waals surface area contributed by atoms with Gasteiger partial charge in [-0.15, -0.1) is 11.7 Å². The first-order valence-electron chi connectivity index (χ1n) is 7.41. The topological polar surface area (TPSA) is 45.0 Å². The summed E-state index contributed by atoms with van der Waals surface area (Å²) in [7, 11) is 0. The summed E-state index contributed by atoms with van der Waals surface area (Å²) >= 11 is 0. The van der Waals surface area contributed by atoms with Crippen LogP contribution in [0.25, 0.3) is 0 Å². The van der Waals surface area contributed by atoms with E-state index >= 15 is 0 Å². The number of fused-ring (bicyclic) bond motifs is 1. The highest BCUT2D eigenvalue weighted by molar-refractivity contribution is 6.54. The molecule has 1 aliphatic rings. The molecule has 114 valence electrons. The standard InChI is InChI=1S/C19H17N3O/c1-3-12-22-17-11-7-6-10-16(17)18(19(22)23)21-20-13-15-9-5-4-8-14(15)2/h3-11,13H,1,12H2,2H3/b20-13-,21-18-. The molecule has 0 unspecified atom stereocenters. The number of hydrogen-bond acceptors (Lipinski definition) is 3. The molecule has 1 amide bonds. The Hall–Kier alpha value is -3.01. The highest BCUT2D eigenvalue weighted by Gasteiger charge is 2.32. The SMILES string of the molecule is C=CCN1C(=O)/C(=N\N=C/c2ccccc2C)c2ccccc21. The normalized spacial score (nSPS) is 15.4. The van der Waals surface area contributed by atoms with Crippen LogP contribution in [-0.2, 0) is 4.79 Å². The van der Waals surface area contributed by atoms with Crippen molar-refractivity contribution in [1.29, 1.82) is 0 Å². The highest BCUT2D eigenvalue weighted by Crippen LogP contribution is 2.28. The average molecular weight is 303 g/mol. The smallest absolute Gasteiger partial charge is 0.279 e. The van der Waals surface area contributed by atoms with Crippen molar-refractivity contribution < 1.29 is 4.79 Å². The van der Waals surface area contributed by atoms with Crippen molar-refractivity contribution in [1.82, 2.24) is 0 Å². The molecule has 3 rings (SSSR count). The van der Waals surface area contributed by atoms with Crippen molar-refractivity contribution in [3.8, 4) is 0 Å². The van der Waals surface area contributed by atoms with Gasteiger partial charge in [0.1, 0.15) is 0 Å².